The molecule has 1 aliphatic heterocycles. The van der Waals surface area contributed by atoms with Crippen molar-refractivity contribution in [3.05, 3.63) is 48.0 Å². The second-order valence-electron chi connectivity index (χ2n) is 5.48. The fraction of sp³-hybridized carbons (Fsp3) is 0.389. The van der Waals surface area contributed by atoms with Crippen LogP contribution in [0.5, 0.6) is 0 Å². The predicted octanol–water partition coefficient (Wildman–Crippen LogP) is 4.37. The first kappa shape index (κ1) is 13.3. The third kappa shape index (κ3) is 2.91. The first-order chi connectivity index (χ1) is 9.84. The van der Waals surface area contributed by atoms with Crippen molar-refractivity contribution >= 4 is 16.6 Å². The highest BCUT2D eigenvalue weighted by atomic mass is 16.5. The van der Waals surface area contributed by atoms with Crippen LogP contribution >= 0.6 is 0 Å². The Labute approximate surface area is 119 Å². The van der Waals surface area contributed by atoms with E-state index in [4.69, 9.17) is 4.74 Å². The van der Waals surface area contributed by atoms with E-state index in [0.717, 1.165) is 42.2 Å². The van der Waals surface area contributed by atoms with Gasteiger partial charge in [0.1, 0.15) is 0 Å². The van der Waals surface area contributed by atoms with Crippen LogP contribution in [0.1, 0.15) is 42.5 Å². The summed E-state index contributed by atoms with van der Waals surface area (Å²) in [6, 6.07) is 14.0. The molecule has 0 aliphatic carbocycles. The molecule has 0 spiro atoms. The van der Waals surface area contributed by atoms with Crippen LogP contribution < -0.4 is 0 Å². The third-order valence-corrected chi connectivity index (χ3v) is 4.04. The Hall–Kier alpha value is -1.67. The van der Waals surface area contributed by atoms with Crippen LogP contribution in [0.2, 0.25) is 0 Å². The Morgan fingerprint density at radius 1 is 1.15 bits per heavy atom. The molecular formula is C18H20O2. The lowest BCUT2D eigenvalue weighted by Crippen LogP contribution is -2.06. The highest BCUT2D eigenvalue weighted by Gasteiger charge is 2.16. The summed E-state index contributed by atoms with van der Waals surface area (Å²) in [5.74, 6) is 0.250. The van der Waals surface area contributed by atoms with Gasteiger partial charge < -0.3 is 4.74 Å². The maximum absolute atomic E-state index is 12.4. The number of rotatable bonds is 5. The molecule has 2 heteroatoms. The van der Waals surface area contributed by atoms with Gasteiger partial charge in [0.25, 0.3) is 0 Å². The molecule has 2 nitrogen and oxygen atoms in total. The smallest absolute Gasteiger partial charge is 0.163 e. The summed E-state index contributed by atoms with van der Waals surface area (Å²) >= 11 is 0. The van der Waals surface area contributed by atoms with E-state index in [-0.39, 0.29) is 5.78 Å². The molecule has 0 aromatic heterocycles. The summed E-state index contributed by atoms with van der Waals surface area (Å²) in [4.78, 5) is 12.4. The first-order valence-electron chi connectivity index (χ1n) is 7.47. The molecule has 1 unspecified atom stereocenters. The van der Waals surface area contributed by atoms with Gasteiger partial charge in [0.05, 0.1) is 6.10 Å². The van der Waals surface area contributed by atoms with Gasteiger partial charge in [-0.1, -0.05) is 42.5 Å². The lowest BCUT2D eigenvalue weighted by atomic mass is 9.98. The van der Waals surface area contributed by atoms with Gasteiger partial charge in [0.15, 0.2) is 5.78 Å². The van der Waals surface area contributed by atoms with Crippen molar-refractivity contribution < 1.29 is 9.53 Å². The molecule has 0 radical (unpaired) electrons. The van der Waals surface area contributed by atoms with E-state index in [1.54, 1.807) is 0 Å². The molecule has 0 amide bonds. The van der Waals surface area contributed by atoms with Crippen molar-refractivity contribution in [3.63, 3.8) is 0 Å². The zero-order valence-electron chi connectivity index (χ0n) is 11.7. The summed E-state index contributed by atoms with van der Waals surface area (Å²) in [6.45, 7) is 0.891. The van der Waals surface area contributed by atoms with Crippen LogP contribution in [0.15, 0.2) is 42.5 Å². The fourth-order valence-corrected chi connectivity index (χ4v) is 2.97. The second kappa shape index (κ2) is 6.19. The largest absolute Gasteiger partial charge is 0.378 e. The monoisotopic (exact) mass is 268 g/mol. The number of fused-ring (bicyclic) bond motifs is 1. The van der Waals surface area contributed by atoms with Gasteiger partial charge in [0, 0.05) is 18.6 Å². The number of benzene rings is 2. The topological polar surface area (TPSA) is 26.3 Å². The van der Waals surface area contributed by atoms with Gasteiger partial charge in [-0.2, -0.15) is 0 Å². The average Bonchev–Trinajstić information content (AvgIpc) is 3.00. The second-order valence-corrected chi connectivity index (χ2v) is 5.48. The molecule has 3 rings (SSSR count). The molecule has 20 heavy (non-hydrogen) atoms. The molecule has 104 valence electrons. The van der Waals surface area contributed by atoms with E-state index < -0.39 is 0 Å². The molecule has 1 saturated heterocycles. The molecule has 2 aromatic rings. The number of ketones is 1. The Kier molecular flexibility index (Phi) is 4.12. The van der Waals surface area contributed by atoms with E-state index in [9.17, 15) is 4.79 Å². The SMILES string of the molecule is O=C(CCCC1CCCO1)c1cccc2ccccc12. The average molecular weight is 268 g/mol. The van der Waals surface area contributed by atoms with Crippen molar-refractivity contribution in [2.45, 2.75) is 38.2 Å². The van der Waals surface area contributed by atoms with Crippen molar-refractivity contribution in [1.29, 1.82) is 0 Å². The Morgan fingerprint density at radius 3 is 2.85 bits per heavy atom. The summed E-state index contributed by atoms with van der Waals surface area (Å²) in [6.07, 6.45) is 5.26. The number of carbonyl (C=O) groups excluding carboxylic acids is 1. The van der Waals surface area contributed by atoms with E-state index in [1.165, 1.54) is 6.42 Å². The van der Waals surface area contributed by atoms with E-state index in [0.29, 0.717) is 12.5 Å². The van der Waals surface area contributed by atoms with Crippen LogP contribution in [0.25, 0.3) is 10.8 Å². The Morgan fingerprint density at radius 2 is 2.00 bits per heavy atom. The lowest BCUT2D eigenvalue weighted by Gasteiger charge is -2.09. The maximum atomic E-state index is 12.4. The van der Waals surface area contributed by atoms with Gasteiger partial charge >= 0.3 is 0 Å². The Balaban J connectivity index is 1.66. The molecule has 1 fully saturated rings. The van der Waals surface area contributed by atoms with Crippen LogP contribution in [0, 0.1) is 0 Å². The normalized spacial score (nSPS) is 18.5. The van der Waals surface area contributed by atoms with Crippen molar-refractivity contribution in [3.8, 4) is 0 Å². The first-order valence-corrected chi connectivity index (χ1v) is 7.47. The highest BCUT2D eigenvalue weighted by Crippen LogP contribution is 2.22. The molecule has 1 heterocycles. The van der Waals surface area contributed by atoms with Crippen molar-refractivity contribution in [2.75, 3.05) is 6.61 Å². The van der Waals surface area contributed by atoms with Gasteiger partial charge in [-0.15, -0.1) is 0 Å². The van der Waals surface area contributed by atoms with Crippen LogP contribution in [0.3, 0.4) is 0 Å². The minimum Gasteiger partial charge on any atom is -0.378 e. The van der Waals surface area contributed by atoms with E-state index in [2.05, 4.69) is 12.1 Å². The zero-order chi connectivity index (χ0) is 13.8. The molecule has 2 aromatic carbocycles. The molecular weight excluding hydrogens is 248 g/mol. The number of hydrogen-bond donors (Lipinski definition) is 0. The molecule has 0 saturated carbocycles. The number of carbonyl (C=O) groups is 1. The van der Waals surface area contributed by atoms with Crippen LogP contribution in [-0.2, 0) is 4.74 Å². The number of hydrogen-bond acceptors (Lipinski definition) is 2. The van der Waals surface area contributed by atoms with Gasteiger partial charge in [-0.25, -0.2) is 0 Å². The van der Waals surface area contributed by atoms with Gasteiger partial charge in [0.2, 0.25) is 0 Å². The third-order valence-electron chi connectivity index (χ3n) is 4.04. The van der Waals surface area contributed by atoms with Crippen LogP contribution in [-0.4, -0.2) is 18.5 Å². The predicted molar refractivity (Wildman–Crippen MR) is 81.1 cm³/mol. The van der Waals surface area contributed by atoms with Crippen molar-refractivity contribution in [2.24, 2.45) is 0 Å². The molecule has 0 bridgehead atoms. The van der Waals surface area contributed by atoms with Gasteiger partial charge in [-0.3, -0.25) is 4.79 Å². The van der Waals surface area contributed by atoms with Gasteiger partial charge in [-0.05, 0) is 36.5 Å². The van der Waals surface area contributed by atoms with E-state index >= 15 is 0 Å². The quantitative estimate of drug-likeness (QED) is 0.753. The van der Waals surface area contributed by atoms with E-state index in [1.807, 2.05) is 30.3 Å². The minimum absolute atomic E-state index is 0.250. The molecule has 0 N–H and O–H groups in total. The summed E-state index contributed by atoms with van der Waals surface area (Å²) in [7, 11) is 0. The maximum Gasteiger partial charge on any atom is 0.163 e. The summed E-state index contributed by atoms with van der Waals surface area (Å²) < 4.78 is 5.60. The zero-order valence-corrected chi connectivity index (χ0v) is 11.7. The van der Waals surface area contributed by atoms with Crippen LogP contribution in [0.4, 0.5) is 0 Å². The molecule has 1 aliphatic rings. The summed E-state index contributed by atoms with van der Waals surface area (Å²) in [5, 5.41) is 2.20. The fourth-order valence-electron chi connectivity index (χ4n) is 2.97. The highest BCUT2D eigenvalue weighted by molar-refractivity contribution is 6.08. The molecule has 1 atom stereocenters. The summed E-state index contributed by atoms with van der Waals surface area (Å²) in [5.41, 5.74) is 0.857. The standard InChI is InChI=1S/C18H20O2/c19-18(12-4-8-15-9-5-13-20-15)17-11-3-7-14-6-1-2-10-16(14)17/h1-3,6-7,10-11,15H,4-5,8-9,12-13H2. The number of Topliss-reactive ketones (excluding diaryl/α,β-unsaturated/α-hetero) is 1. The minimum atomic E-state index is 0.250. The lowest BCUT2D eigenvalue weighted by molar-refractivity contribution is 0.0924. The van der Waals surface area contributed by atoms with Crippen molar-refractivity contribution in [1.82, 2.24) is 0 Å². The number of ether oxygens (including phenoxy) is 1. The Bertz CT molecular complexity index is 592.